The summed E-state index contributed by atoms with van der Waals surface area (Å²) in [6, 6.07) is 29.6. The van der Waals surface area contributed by atoms with Gasteiger partial charge >= 0.3 is 0 Å². The predicted molar refractivity (Wildman–Crippen MR) is 170 cm³/mol. The minimum absolute atomic E-state index is 0.00625. The Bertz CT molecular complexity index is 2290. The summed E-state index contributed by atoms with van der Waals surface area (Å²) < 4.78 is 56.7. The lowest BCUT2D eigenvalue weighted by Crippen LogP contribution is -2.37. The summed E-state index contributed by atoms with van der Waals surface area (Å²) in [4.78, 5) is 4.63. The molecule has 2 heterocycles. The van der Waals surface area contributed by atoms with Gasteiger partial charge in [-0.3, -0.25) is 4.98 Å². The van der Waals surface area contributed by atoms with Crippen LogP contribution in [0.3, 0.4) is 0 Å². The zero-order chi connectivity index (χ0) is 31.9. The summed E-state index contributed by atoms with van der Waals surface area (Å²) >= 11 is 0. The minimum atomic E-state index is -2.50. The van der Waals surface area contributed by atoms with Crippen LogP contribution in [0.5, 0.6) is 0 Å². The average Bonchev–Trinajstić information content (AvgIpc) is 3.38. The number of aromatic nitrogens is 1. The largest absolute Gasteiger partial charge is 0.455 e. The lowest BCUT2D eigenvalue weighted by atomic mass is 9.95. The molecule has 0 spiro atoms. The number of aryl methyl sites for hydroxylation is 2. The topological polar surface area (TPSA) is 26.0 Å². The van der Waals surface area contributed by atoms with E-state index in [1.54, 1.807) is 18.2 Å². The highest BCUT2D eigenvalue weighted by molar-refractivity contribution is 6.88. The Balaban J connectivity index is 1.51. The van der Waals surface area contributed by atoms with Gasteiger partial charge in [-0.1, -0.05) is 97.6 Å². The minimum Gasteiger partial charge on any atom is -0.455 e. The van der Waals surface area contributed by atoms with E-state index in [1.807, 2.05) is 36.4 Å². The summed E-state index contributed by atoms with van der Waals surface area (Å²) in [5.41, 5.74) is 3.47. The first-order valence-corrected chi connectivity index (χ1v) is 16.6. The number of pyridine rings is 1. The third-order valence-electron chi connectivity index (χ3n) is 7.73. The Kier molecular flexibility index (Phi) is 4.03. The van der Waals surface area contributed by atoms with Gasteiger partial charge in [-0.05, 0) is 70.3 Å². The molecule has 0 unspecified atom stereocenters. The first kappa shape index (κ1) is 18.1. The molecular weight excluding hydrogens is 490 g/mol. The number of benzene rings is 5. The van der Waals surface area contributed by atoms with Gasteiger partial charge in [-0.2, -0.15) is 0 Å². The maximum Gasteiger partial charge on any atom is 0.144 e. The van der Waals surface area contributed by atoms with Gasteiger partial charge < -0.3 is 4.42 Å². The van der Waals surface area contributed by atoms with Crippen molar-refractivity contribution in [3.8, 4) is 22.4 Å². The molecule has 0 aliphatic carbocycles. The van der Waals surface area contributed by atoms with E-state index in [0.717, 1.165) is 43.1 Å². The Labute approximate surface area is 238 Å². The molecular formula is C36H31NOSi. The molecule has 0 saturated carbocycles. The predicted octanol–water partition coefficient (Wildman–Crippen LogP) is 9.78. The molecule has 0 aliphatic heterocycles. The first-order chi connectivity index (χ1) is 21.2. The average molecular weight is 528 g/mol. The number of hydrogen-bond donors (Lipinski definition) is 0. The number of nitrogens with zero attached hydrogens (tertiary/aromatic N) is 1. The highest BCUT2D eigenvalue weighted by Crippen LogP contribution is 2.41. The number of furan rings is 1. The van der Waals surface area contributed by atoms with Crippen LogP contribution in [0.15, 0.2) is 102 Å². The smallest absolute Gasteiger partial charge is 0.144 e. The number of rotatable bonds is 3. The van der Waals surface area contributed by atoms with E-state index < -0.39 is 21.8 Å². The quantitative estimate of drug-likeness (QED) is 0.169. The molecule has 0 atom stereocenters. The van der Waals surface area contributed by atoms with Gasteiger partial charge in [-0.15, -0.1) is 0 Å². The molecule has 39 heavy (non-hydrogen) atoms. The van der Waals surface area contributed by atoms with Crippen molar-refractivity contribution in [3.05, 3.63) is 108 Å². The summed E-state index contributed by atoms with van der Waals surface area (Å²) in [6.45, 7) is 1.52. The van der Waals surface area contributed by atoms with Gasteiger partial charge in [0.05, 0.1) is 13.8 Å². The molecule has 7 aromatic rings. The molecule has 0 aliphatic rings. The SMILES string of the molecule is [2H]C([2H])([2H])c1cnc(-c2cccc3c2oc2c3ccc3ccc4ccccc4c32)cc1-c1ccc([Si](C)(C)C)cc1C([2H])([2H])[2H]. The Hall–Kier alpha value is -4.21. The molecule has 0 radical (unpaired) electrons. The highest BCUT2D eigenvalue weighted by Gasteiger charge is 2.19. The molecule has 5 aromatic carbocycles. The van der Waals surface area contributed by atoms with Gasteiger partial charge in [0.15, 0.2) is 0 Å². The first-order valence-electron chi connectivity index (χ1n) is 16.1. The van der Waals surface area contributed by atoms with Crippen LogP contribution in [-0.4, -0.2) is 13.1 Å². The van der Waals surface area contributed by atoms with E-state index in [0.29, 0.717) is 28.0 Å². The zero-order valence-corrected chi connectivity index (χ0v) is 23.1. The molecule has 2 nitrogen and oxygen atoms in total. The van der Waals surface area contributed by atoms with Crippen LogP contribution < -0.4 is 5.19 Å². The number of fused-ring (bicyclic) bond motifs is 7. The zero-order valence-electron chi connectivity index (χ0n) is 28.1. The van der Waals surface area contributed by atoms with Crippen LogP contribution >= 0.6 is 0 Å². The van der Waals surface area contributed by atoms with Crippen molar-refractivity contribution in [2.24, 2.45) is 0 Å². The van der Waals surface area contributed by atoms with Crippen LogP contribution in [0.1, 0.15) is 19.4 Å². The lowest BCUT2D eigenvalue weighted by Gasteiger charge is -2.19. The molecule has 7 rings (SSSR count). The summed E-state index contributed by atoms with van der Waals surface area (Å²) in [7, 11) is -1.85. The summed E-state index contributed by atoms with van der Waals surface area (Å²) in [5, 5.41) is 7.21. The fourth-order valence-corrected chi connectivity index (χ4v) is 6.78. The van der Waals surface area contributed by atoms with Crippen LogP contribution in [-0.2, 0) is 0 Å². The fraction of sp³-hybridized carbons (Fsp3) is 0.139. The molecule has 0 bridgehead atoms. The summed E-state index contributed by atoms with van der Waals surface area (Å²) in [6.07, 6.45) is 1.36. The molecule has 0 fully saturated rings. The van der Waals surface area contributed by atoms with E-state index in [2.05, 4.69) is 61.0 Å². The van der Waals surface area contributed by atoms with E-state index in [1.165, 1.54) is 6.20 Å². The van der Waals surface area contributed by atoms with Crippen molar-refractivity contribution in [3.63, 3.8) is 0 Å². The van der Waals surface area contributed by atoms with Crippen LogP contribution in [0.25, 0.3) is 65.9 Å². The van der Waals surface area contributed by atoms with Crippen molar-refractivity contribution >= 4 is 56.7 Å². The summed E-state index contributed by atoms with van der Waals surface area (Å²) in [5.74, 6) is 0. The molecule has 0 N–H and O–H groups in total. The normalized spacial score (nSPS) is 15.2. The lowest BCUT2D eigenvalue weighted by molar-refractivity contribution is 0.674. The molecule has 2 aromatic heterocycles. The van der Waals surface area contributed by atoms with Crippen molar-refractivity contribution in [2.45, 2.75) is 33.3 Å². The van der Waals surface area contributed by atoms with Crippen LogP contribution in [0, 0.1) is 13.7 Å². The van der Waals surface area contributed by atoms with E-state index in [-0.39, 0.29) is 11.1 Å². The van der Waals surface area contributed by atoms with Gasteiger partial charge in [0.1, 0.15) is 11.2 Å². The third-order valence-corrected chi connectivity index (χ3v) is 9.77. The van der Waals surface area contributed by atoms with Crippen molar-refractivity contribution in [1.29, 1.82) is 0 Å². The molecule has 0 saturated heterocycles. The second-order valence-electron chi connectivity index (χ2n) is 11.2. The third kappa shape index (κ3) is 3.80. The fourth-order valence-electron chi connectivity index (χ4n) is 5.62. The second-order valence-corrected chi connectivity index (χ2v) is 16.3. The molecule has 190 valence electrons. The Morgan fingerprint density at radius 3 is 2.26 bits per heavy atom. The van der Waals surface area contributed by atoms with Gasteiger partial charge in [0.25, 0.3) is 0 Å². The molecule has 0 amide bonds. The molecule has 3 heteroatoms. The van der Waals surface area contributed by atoms with E-state index in [4.69, 9.17) is 12.6 Å². The van der Waals surface area contributed by atoms with Crippen molar-refractivity contribution in [2.75, 3.05) is 0 Å². The standard InChI is InChI=1S/C36H31NOSi/c1-22-19-26(39(3,4)5)16-18-27(22)32-20-33(37-21-23(32)2)31-12-8-11-29-30-17-15-25-14-13-24-9-6-7-10-28(24)34(25)36(30)38-35(29)31/h6-21H,1-5H3/i1D3,2D3. The van der Waals surface area contributed by atoms with Crippen LogP contribution in [0.2, 0.25) is 19.6 Å². The maximum atomic E-state index is 8.38. The number of hydrogen-bond acceptors (Lipinski definition) is 2. The van der Waals surface area contributed by atoms with Crippen molar-refractivity contribution < 1.29 is 12.6 Å². The Morgan fingerprint density at radius 1 is 0.641 bits per heavy atom. The second kappa shape index (κ2) is 8.65. The van der Waals surface area contributed by atoms with E-state index >= 15 is 0 Å². The maximum absolute atomic E-state index is 8.38. The Morgan fingerprint density at radius 2 is 1.41 bits per heavy atom. The van der Waals surface area contributed by atoms with Gasteiger partial charge in [0, 0.05) is 36.1 Å². The van der Waals surface area contributed by atoms with E-state index in [9.17, 15) is 0 Å². The number of para-hydroxylation sites is 1. The van der Waals surface area contributed by atoms with Gasteiger partial charge in [0.2, 0.25) is 0 Å². The highest BCUT2D eigenvalue weighted by atomic mass is 28.3. The monoisotopic (exact) mass is 527 g/mol. The van der Waals surface area contributed by atoms with Crippen LogP contribution in [0.4, 0.5) is 0 Å². The van der Waals surface area contributed by atoms with Crippen molar-refractivity contribution in [1.82, 2.24) is 4.98 Å². The van der Waals surface area contributed by atoms with Gasteiger partial charge in [-0.25, -0.2) is 0 Å².